The van der Waals surface area contributed by atoms with Crippen molar-refractivity contribution in [3.63, 3.8) is 0 Å². The Balaban J connectivity index is 1.55. The summed E-state index contributed by atoms with van der Waals surface area (Å²) in [5, 5.41) is 0. The second-order valence-electron chi connectivity index (χ2n) is 7.51. The van der Waals surface area contributed by atoms with Gasteiger partial charge in [-0.3, -0.25) is 14.5 Å². The monoisotopic (exact) mass is 361 g/mol. The normalized spacial score (nSPS) is 24.3. The van der Waals surface area contributed by atoms with Crippen molar-refractivity contribution >= 4 is 17.5 Å². The second-order valence-corrected chi connectivity index (χ2v) is 7.51. The van der Waals surface area contributed by atoms with Crippen LogP contribution in [0.1, 0.15) is 24.5 Å². The molecule has 2 amide bonds. The topological polar surface area (TPSA) is 46.6 Å². The zero-order valence-electron chi connectivity index (χ0n) is 15.8. The minimum atomic E-state index is -0.242. The summed E-state index contributed by atoms with van der Waals surface area (Å²) >= 11 is 0. The summed E-state index contributed by atoms with van der Waals surface area (Å²) in [7, 11) is 0. The lowest BCUT2D eigenvalue weighted by atomic mass is 9.78. The van der Waals surface area contributed by atoms with Crippen molar-refractivity contribution < 1.29 is 14.3 Å². The fourth-order valence-electron chi connectivity index (χ4n) is 3.98. The number of aryl methyl sites for hydroxylation is 2. The molecule has 1 fully saturated rings. The predicted octanol–water partition coefficient (Wildman–Crippen LogP) is 4.80. The number of nitrogens with zero attached hydrogens (tertiary/aromatic N) is 1. The van der Waals surface area contributed by atoms with Crippen LogP contribution in [-0.4, -0.2) is 11.8 Å². The molecule has 1 aliphatic carbocycles. The molecule has 2 aromatic rings. The molecule has 1 saturated heterocycles. The van der Waals surface area contributed by atoms with E-state index in [1.807, 2.05) is 44.2 Å². The van der Waals surface area contributed by atoms with Gasteiger partial charge in [0.25, 0.3) is 0 Å². The molecule has 4 heteroatoms. The number of amides is 2. The molecule has 2 aliphatic rings. The molecular weight excluding hydrogens is 338 g/mol. The maximum Gasteiger partial charge on any atom is 0.238 e. The molecule has 0 bridgehead atoms. The van der Waals surface area contributed by atoms with Crippen LogP contribution in [0, 0.1) is 31.6 Å². The molecule has 0 aromatic heterocycles. The van der Waals surface area contributed by atoms with E-state index in [4.69, 9.17) is 4.74 Å². The van der Waals surface area contributed by atoms with Gasteiger partial charge in [-0.15, -0.1) is 0 Å². The van der Waals surface area contributed by atoms with Gasteiger partial charge in [0.2, 0.25) is 11.8 Å². The summed E-state index contributed by atoms with van der Waals surface area (Å²) in [6, 6.07) is 13.1. The summed E-state index contributed by atoms with van der Waals surface area (Å²) in [5.74, 6) is 0.878. The van der Waals surface area contributed by atoms with Gasteiger partial charge in [0.1, 0.15) is 11.5 Å². The minimum Gasteiger partial charge on any atom is -0.457 e. The van der Waals surface area contributed by atoms with E-state index in [9.17, 15) is 9.59 Å². The third kappa shape index (κ3) is 3.05. The molecule has 0 unspecified atom stereocenters. The molecule has 1 aliphatic heterocycles. The molecule has 27 heavy (non-hydrogen) atoms. The van der Waals surface area contributed by atoms with Gasteiger partial charge in [-0.25, -0.2) is 0 Å². The Morgan fingerprint density at radius 2 is 1.63 bits per heavy atom. The van der Waals surface area contributed by atoms with Crippen molar-refractivity contribution in [2.24, 2.45) is 17.8 Å². The third-order valence-corrected chi connectivity index (χ3v) is 5.68. The fraction of sp³-hybridized carbons (Fsp3) is 0.304. The van der Waals surface area contributed by atoms with E-state index in [-0.39, 0.29) is 29.6 Å². The Morgan fingerprint density at radius 3 is 2.30 bits per heavy atom. The van der Waals surface area contributed by atoms with Crippen LogP contribution in [0.5, 0.6) is 11.5 Å². The lowest BCUT2D eigenvalue weighted by Gasteiger charge is -2.22. The number of ether oxygens (including phenoxy) is 1. The average molecular weight is 361 g/mol. The summed E-state index contributed by atoms with van der Waals surface area (Å²) in [4.78, 5) is 27.0. The Labute approximate surface area is 159 Å². The van der Waals surface area contributed by atoms with Crippen LogP contribution < -0.4 is 9.64 Å². The first kappa shape index (κ1) is 17.5. The molecule has 0 radical (unpaired) electrons. The molecule has 4 nitrogen and oxygen atoms in total. The Bertz CT molecular complexity index is 929. The molecule has 1 heterocycles. The molecule has 3 atom stereocenters. The van der Waals surface area contributed by atoms with Crippen molar-refractivity contribution in [3.8, 4) is 11.5 Å². The molecule has 0 spiro atoms. The number of carbonyl (C=O) groups is 2. The summed E-state index contributed by atoms with van der Waals surface area (Å²) in [6.45, 7) is 6.11. The Kier molecular flexibility index (Phi) is 4.34. The lowest BCUT2D eigenvalue weighted by Crippen LogP contribution is -2.31. The van der Waals surface area contributed by atoms with Crippen LogP contribution in [-0.2, 0) is 9.59 Å². The van der Waals surface area contributed by atoms with Gasteiger partial charge in [-0.2, -0.15) is 0 Å². The Hall–Kier alpha value is -2.88. The SMILES string of the molecule is Cc1ccc(Oc2ccc(N3C(=O)[C@H]4[C@H](C)C=CC[C@H]4C3=O)cc2)cc1C. The van der Waals surface area contributed by atoms with Crippen molar-refractivity contribution in [2.45, 2.75) is 27.2 Å². The standard InChI is InChI=1S/C23H23NO3/c1-14-7-10-19(13-16(14)3)27-18-11-8-17(9-12-18)24-22(25)20-6-4-5-15(2)21(20)23(24)26/h4-5,7-13,15,20-21H,6H2,1-3H3/t15-,20-,21+/m1/s1. The summed E-state index contributed by atoms with van der Waals surface area (Å²) in [5.41, 5.74) is 3.00. The first-order valence-corrected chi connectivity index (χ1v) is 9.35. The first-order valence-electron chi connectivity index (χ1n) is 9.35. The van der Waals surface area contributed by atoms with E-state index in [0.29, 0.717) is 17.9 Å². The minimum absolute atomic E-state index is 0.0929. The molecule has 138 valence electrons. The van der Waals surface area contributed by atoms with Gasteiger partial charge in [0.05, 0.1) is 17.5 Å². The zero-order valence-corrected chi connectivity index (χ0v) is 15.8. The van der Waals surface area contributed by atoms with Crippen LogP contribution in [0.2, 0.25) is 0 Å². The highest BCUT2D eigenvalue weighted by Crippen LogP contribution is 2.40. The van der Waals surface area contributed by atoms with Crippen LogP contribution in [0.25, 0.3) is 0 Å². The number of hydrogen-bond donors (Lipinski definition) is 0. The maximum absolute atomic E-state index is 12.8. The van der Waals surface area contributed by atoms with Gasteiger partial charge < -0.3 is 4.74 Å². The van der Waals surface area contributed by atoms with Crippen LogP contribution in [0.4, 0.5) is 5.69 Å². The van der Waals surface area contributed by atoms with Crippen molar-refractivity contribution in [2.75, 3.05) is 4.90 Å². The second kappa shape index (κ2) is 6.69. The van der Waals surface area contributed by atoms with E-state index >= 15 is 0 Å². The molecule has 0 saturated carbocycles. The van der Waals surface area contributed by atoms with Gasteiger partial charge in [0.15, 0.2) is 0 Å². The van der Waals surface area contributed by atoms with E-state index in [2.05, 4.69) is 6.92 Å². The van der Waals surface area contributed by atoms with Gasteiger partial charge in [-0.1, -0.05) is 25.1 Å². The number of benzene rings is 2. The average Bonchev–Trinajstić information content (AvgIpc) is 2.91. The number of allylic oxidation sites excluding steroid dienone is 2. The number of fused-ring (bicyclic) bond motifs is 1. The fourth-order valence-corrected chi connectivity index (χ4v) is 3.98. The van der Waals surface area contributed by atoms with E-state index in [1.165, 1.54) is 16.0 Å². The van der Waals surface area contributed by atoms with E-state index in [1.54, 1.807) is 24.3 Å². The van der Waals surface area contributed by atoms with Crippen LogP contribution in [0.15, 0.2) is 54.6 Å². The highest BCUT2D eigenvalue weighted by Gasteiger charge is 2.50. The smallest absolute Gasteiger partial charge is 0.238 e. The number of anilines is 1. The Morgan fingerprint density at radius 1 is 0.926 bits per heavy atom. The highest BCUT2D eigenvalue weighted by atomic mass is 16.5. The van der Waals surface area contributed by atoms with Gasteiger partial charge in [0, 0.05) is 0 Å². The summed E-state index contributed by atoms with van der Waals surface area (Å²) < 4.78 is 5.90. The number of carbonyl (C=O) groups excluding carboxylic acids is 2. The van der Waals surface area contributed by atoms with Crippen molar-refractivity contribution in [1.29, 1.82) is 0 Å². The first-order chi connectivity index (χ1) is 13.0. The summed E-state index contributed by atoms with van der Waals surface area (Å²) in [6.07, 6.45) is 4.70. The zero-order chi connectivity index (χ0) is 19.1. The molecule has 2 aromatic carbocycles. The van der Waals surface area contributed by atoms with Crippen molar-refractivity contribution in [3.05, 3.63) is 65.7 Å². The van der Waals surface area contributed by atoms with E-state index < -0.39 is 0 Å². The highest BCUT2D eigenvalue weighted by molar-refractivity contribution is 6.22. The quantitative estimate of drug-likeness (QED) is 0.583. The maximum atomic E-state index is 12.8. The van der Waals surface area contributed by atoms with Gasteiger partial charge in [-0.05, 0) is 73.7 Å². The van der Waals surface area contributed by atoms with E-state index in [0.717, 1.165) is 5.75 Å². The largest absolute Gasteiger partial charge is 0.457 e. The van der Waals surface area contributed by atoms with Gasteiger partial charge >= 0.3 is 0 Å². The third-order valence-electron chi connectivity index (χ3n) is 5.68. The predicted molar refractivity (Wildman–Crippen MR) is 105 cm³/mol. The molecule has 0 N–H and O–H groups in total. The molecule has 4 rings (SSSR count). The molecular formula is C23H23NO3. The lowest BCUT2D eigenvalue weighted by molar-refractivity contribution is -0.122. The number of hydrogen-bond acceptors (Lipinski definition) is 3. The number of rotatable bonds is 3. The number of imide groups is 1. The van der Waals surface area contributed by atoms with Crippen molar-refractivity contribution in [1.82, 2.24) is 0 Å². The van der Waals surface area contributed by atoms with Crippen LogP contribution >= 0.6 is 0 Å². The van der Waals surface area contributed by atoms with Crippen LogP contribution in [0.3, 0.4) is 0 Å².